The van der Waals surface area contributed by atoms with Gasteiger partial charge < -0.3 is 9.47 Å². The first-order valence-electron chi connectivity index (χ1n) is 10.9. The standard InChI is InChI=1S/C22H42O2/c1-5-7-8-9-10-11-12-19(22(3,4)23-6-2)15-13-18-14-16-20-21(17-18)24-20/h18-21H,5-17H2,1-4H3. The van der Waals surface area contributed by atoms with Gasteiger partial charge in [0.2, 0.25) is 0 Å². The summed E-state index contributed by atoms with van der Waals surface area (Å²) in [5, 5.41) is 0. The van der Waals surface area contributed by atoms with Gasteiger partial charge in [-0.3, -0.25) is 0 Å². The number of rotatable bonds is 13. The highest BCUT2D eigenvalue weighted by Crippen LogP contribution is 2.42. The van der Waals surface area contributed by atoms with Gasteiger partial charge in [0.1, 0.15) is 0 Å². The van der Waals surface area contributed by atoms with Crippen molar-refractivity contribution in [1.82, 2.24) is 0 Å². The van der Waals surface area contributed by atoms with E-state index >= 15 is 0 Å². The normalized spacial score (nSPS) is 27.8. The van der Waals surface area contributed by atoms with Crippen LogP contribution in [0.5, 0.6) is 0 Å². The Morgan fingerprint density at radius 2 is 1.71 bits per heavy atom. The molecule has 0 aromatic rings. The molecule has 0 bridgehead atoms. The van der Waals surface area contributed by atoms with Crippen molar-refractivity contribution in [2.75, 3.05) is 6.61 Å². The quantitative estimate of drug-likeness (QED) is 0.282. The summed E-state index contributed by atoms with van der Waals surface area (Å²) in [4.78, 5) is 0. The highest BCUT2D eigenvalue weighted by molar-refractivity contribution is 4.92. The molecule has 0 aromatic heterocycles. The lowest BCUT2D eigenvalue weighted by Crippen LogP contribution is -2.35. The minimum atomic E-state index is 0.0332. The monoisotopic (exact) mass is 338 g/mol. The third-order valence-corrected chi connectivity index (χ3v) is 6.44. The minimum absolute atomic E-state index is 0.0332. The van der Waals surface area contributed by atoms with Crippen LogP contribution in [0.2, 0.25) is 0 Å². The van der Waals surface area contributed by atoms with Gasteiger partial charge in [-0.2, -0.15) is 0 Å². The predicted octanol–water partition coefficient (Wildman–Crippen LogP) is 6.52. The van der Waals surface area contributed by atoms with Gasteiger partial charge in [0, 0.05) is 6.61 Å². The molecule has 2 fully saturated rings. The molecule has 1 aliphatic carbocycles. The van der Waals surface area contributed by atoms with Crippen molar-refractivity contribution < 1.29 is 9.47 Å². The SMILES string of the molecule is CCCCCCCCC(CCC1CCC2OC2C1)C(C)(C)OCC. The van der Waals surface area contributed by atoms with Crippen LogP contribution in [0, 0.1) is 11.8 Å². The van der Waals surface area contributed by atoms with Crippen molar-refractivity contribution in [2.24, 2.45) is 11.8 Å². The number of fused-ring (bicyclic) bond motifs is 1. The molecule has 0 aromatic carbocycles. The maximum absolute atomic E-state index is 6.13. The van der Waals surface area contributed by atoms with Crippen LogP contribution >= 0.6 is 0 Å². The van der Waals surface area contributed by atoms with E-state index in [2.05, 4.69) is 27.7 Å². The van der Waals surface area contributed by atoms with Crippen LogP contribution in [0.15, 0.2) is 0 Å². The summed E-state index contributed by atoms with van der Waals surface area (Å²) >= 11 is 0. The zero-order chi connectivity index (χ0) is 17.4. The number of ether oxygens (including phenoxy) is 2. The molecule has 2 heteroatoms. The van der Waals surface area contributed by atoms with E-state index in [0.717, 1.165) is 12.5 Å². The lowest BCUT2D eigenvalue weighted by Gasteiger charge is -2.35. The van der Waals surface area contributed by atoms with Crippen LogP contribution in [0.25, 0.3) is 0 Å². The molecule has 0 spiro atoms. The minimum Gasteiger partial charge on any atom is -0.376 e. The molecule has 1 saturated carbocycles. The van der Waals surface area contributed by atoms with Crippen LogP contribution in [-0.4, -0.2) is 24.4 Å². The number of hydrogen-bond donors (Lipinski definition) is 0. The summed E-state index contributed by atoms with van der Waals surface area (Å²) in [6, 6.07) is 0. The van der Waals surface area contributed by atoms with E-state index in [9.17, 15) is 0 Å². The second-order valence-electron chi connectivity index (χ2n) is 8.76. The molecule has 2 rings (SSSR count). The van der Waals surface area contributed by atoms with Crippen molar-refractivity contribution in [3.63, 3.8) is 0 Å². The Morgan fingerprint density at radius 3 is 2.42 bits per heavy atom. The fraction of sp³-hybridized carbons (Fsp3) is 1.00. The number of epoxide rings is 1. The van der Waals surface area contributed by atoms with Crippen LogP contribution in [0.1, 0.15) is 105 Å². The molecule has 1 heterocycles. The average Bonchev–Trinajstić information content (AvgIpc) is 3.31. The molecular weight excluding hydrogens is 296 g/mol. The highest BCUT2D eigenvalue weighted by Gasteiger charge is 2.43. The van der Waals surface area contributed by atoms with Gasteiger partial charge in [0.05, 0.1) is 17.8 Å². The molecule has 4 atom stereocenters. The maximum Gasteiger partial charge on any atom is 0.0844 e. The van der Waals surface area contributed by atoms with Crippen LogP contribution in [-0.2, 0) is 9.47 Å². The van der Waals surface area contributed by atoms with E-state index in [0.29, 0.717) is 18.1 Å². The smallest absolute Gasteiger partial charge is 0.0844 e. The molecule has 0 radical (unpaired) electrons. The molecule has 142 valence electrons. The van der Waals surface area contributed by atoms with E-state index in [1.54, 1.807) is 0 Å². The third kappa shape index (κ3) is 6.67. The molecule has 24 heavy (non-hydrogen) atoms. The highest BCUT2D eigenvalue weighted by atomic mass is 16.6. The summed E-state index contributed by atoms with van der Waals surface area (Å²) in [7, 11) is 0. The molecule has 0 N–H and O–H groups in total. The van der Waals surface area contributed by atoms with Crippen molar-refractivity contribution in [3.8, 4) is 0 Å². The van der Waals surface area contributed by atoms with E-state index in [1.807, 2.05) is 0 Å². The van der Waals surface area contributed by atoms with Crippen LogP contribution in [0.3, 0.4) is 0 Å². The van der Waals surface area contributed by atoms with E-state index < -0.39 is 0 Å². The first kappa shape index (κ1) is 20.2. The van der Waals surface area contributed by atoms with E-state index in [-0.39, 0.29) is 5.60 Å². The average molecular weight is 339 g/mol. The van der Waals surface area contributed by atoms with Crippen molar-refractivity contribution in [1.29, 1.82) is 0 Å². The Balaban J connectivity index is 1.72. The van der Waals surface area contributed by atoms with Crippen LogP contribution in [0.4, 0.5) is 0 Å². The first-order chi connectivity index (χ1) is 11.6. The maximum atomic E-state index is 6.13. The second-order valence-corrected chi connectivity index (χ2v) is 8.76. The molecular formula is C22H42O2. The van der Waals surface area contributed by atoms with Crippen molar-refractivity contribution >= 4 is 0 Å². The van der Waals surface area contributed by atoms with Gasteiger partial charge in [-0.05, 0) is 71.1 Å². The van der Waals surface area contributed by atoms with Gasteiger partial charge in [0.15, 0.2) is 0 Å². The molecule has 0 amide bonds. The van der Waals surface area contributed by atoms with Gasteiger partial charge >= 0.3 is 0 Å². The van der Waals surface area contributed by atoms with Crippen molar-refractivity contribution in [2.45, 2.75) is 123 Å². The fourth-order valence-corrected chi connectivity index (χ4v) is 4.69. The molecule has 2 nitrogen and oxygen atoms in total. The first-order valence-corrected chi connectivity index (χ1v) is 10.9. The predicted molar refractivity (Wildman–Crippen MR) is 102 cm³/mol. The molecule has 1 aliphatic heterocycles. The number of unbranched alkanes of at least 4 members (excludes halogenated alkanes) is 5. The second kappa shape index (κ2) is 10.2. The summed E-state index contributed by atoms with van der Waals surface area (Å²) in [5.74, 6) is 1.61. The Hall–Kier alpha value is -0.0800. The van der Waals surface area contributed by atoms with Gasteiger partial charge in [-0.1, -0.05) is 45.4 Å². The van der Waals surface area contributed by atoms with Crippen LogP contribution < -0.4 is 0 Å². The Kier molecular flexibility index (Phi) is 8.57. The third-order valence-electron chi connectivity index (χ3n) is 6.44. The number of hydrogen-bond acceptors (Lipinski definition) is 2. The van der Waals surface area contributed by atoms with Crippen molar-refractivity contribution in [3.05, 3.63) is 0 Å². The fourth-order valence-electron chi connectivity index (χ4n) is 4.69. The summed E-state index contributed by atoms with van der Waals surface area (Å²) in [5.41, 5.74) is 0.0332. The summed E-state index contributed by atoms with van der Waals surface area (Å²) < 4.78 is 11.8. The Labute approximate surface area is 151 Å². The van der Waals surface area contributed by atoms with E-state index in [1.165, 1.54) is 77.0 Å². The molecule has 2 aliphatic rings. The largest absolute Gasteiger partial charge is 0.376 e. The zero-order valence-electron chi connectivity index (χ0n) is 16.8. The summed E-state index contributed by atoms with van der Waals surface area (Å²) in [6.07, 6.45) is 17.7. The van der Waals surface area contributed by atoms with Gasteiger partial charge in [-0.15, -0.1) is 0 Å². The molecule has 1 saturated heterocycles. The lowest BCUT2D eigenvalue weighted by molar-refractivity contribution is -0.0616. The van der Waals surface area contributed by atoms with E-state index in [4.69, 9.17) is 9.47 Å². The Morgan fingerprint density at radius 1 is 0.958 bits per heavy atom. The van der Waals surface area contributed by atoms with Gasteiger partial charge in [-0.25, -0.2) is 0 Å². The Bertz CT molecular complexity index is 339. The lowest BCUT2D eigenvalue weighted by atomic mass is 9.78. The summed E-state index contributed by atoms with van der Waals surface area (Å²) in [6.45, 7) is 9.90. The van der Waals surface area contributed by atoms with Gasteiger partial charge in [0.25, 0.3) is 0 Å². The topological polar surface area (TPSA) is 21.8 Å². The zero-order valence-corrected chi connectivity index (χ0v) is 16.8. The molecule has 4 unspecified atom stereocenters.